The molecule has 1 unspecified atom stereocenters. The lowest BCUT2D eigenvalue weighted by molar-refractivity contribution is -0.293. The van der Waals surface area contributed by atoms with Gasteiger partial charge in [-0.3, -0.25) is 4.79 Å². The van der Waals surface area contributed by atoms with Crippen LogP contribution in [0, 0.1) is 11.8 Å². The van der Waals surface area contributed by atoms with E-state index in [9.17, 15) is 23.4 Å². The molecule has 15 nitrogen and oxygen atoms in total. The van der Waals surface area contributed by atoms with Crippen molar-refractivity contribution in [2.75, 3.05) is 26.6 Å². The maximum atomic E-state index is 13.7. The quantitative estimate of drug-likeness (QED) is 0.168. The van der Waals surface area contributed by atoms with Crippen LogP contribution in [0.3, 0.4) is 0 Å². The maximum Gasteiger partial charge on any atom is 0.308 e. The number of rotatable bonds is 17. The van der Waals surface area contributed by atoms with Crippen molar-refractivity contribution in [2.45, 2.75) is 192 Å². The van der Waals surface area contributed by atoms with Gasteiger partial charge in [0.15, 0.2) is 15.6 Å². The van der Waals surface area contributed by atoms with Gasteiger partial charge in [0.1, 0.15) is 30.5 Å². The molecule has 0 spiro atoms. The van der Waals surface area contributed by atoms with Gasteiger partial charge >= 0.3 is 5.97 Å². The fourth-order valence-electron chi connectivity index (χ4n) is 11.9. The Morgan fingerprint density at radius 2 is 1.60 bits per heavy atom. The van der Waals surface area contributed by atoms with Crippen molar-refractivity contribution in [1.82, 2.24) is 0 Å². The number of aliphatic hydroxyl groups is 2. The van der Waals surface area contributed by atoms with Crippen LogP contribution in [0.4, 0.5) is 0 Å². The third kappa shape index (κ3) is 9.36. The number of esters is 1. The normalized spacial score (nSPS) is 43.5. The zero-order valence-electron chi connectivity index (χ0n) is 36.7. The lowest BCUT2D eigenvalue weighted by Gasteiger charge is -2.47. The Morgan fingerprint density at radius 3 is 2.37 bits per heavy atom. The van der Waals surface area contributed by atoms with E-state index in [0.717, 1.165) is 49.7 Å². The zero-order chi connectivity index (χ0) is 44.2. The highest BCUT2D eigenvalue weighted by atomic mass is 32.2. The van der Waals surface area contributed by atoms with Crippen LogP contribution in [0.15, 0.2) is 59.5 Å². The van der Waals surface area contributed by atoms with Crippen molar-refractivity contribution < 1.29 is 70.8 Å². The van der Waals surface area contributed by atoms with E-state index >= 15 is 0 Å². The molecule has 9 aliphatic heterocycles. The molecule has 6 bridgehead atoms. The van der Waals surface area contributed by atoms with Crippen LogP contribution in [0.2, 0.25) is 0 Å². The number of ether oxygens (including phenoxy) is 10. The molecule has 9 saturated heterocycles. The number of hydrogen-bond donors (Lipinski definition) is 2. The summed E-state index contributed by atoms with van der Waals surface area (Å²) in [5.41, 5.74) is 2.00. The Morgan fingerprint density at radius 1 is 0.857 bits per heavy atom. The summed E-state index contributed by atoms with van der Waals surface area (Å²) < 4.78 is 91.4. The Kier molecular flexibility index (Phi) is 13.6. The number of methoxy groups -OCH3 is 2. The minimum atomic E-state index is -3.71. The first-order valence-corrected chi connectivity index (χ1v) is 24.7. The smallest absolute Gasteiger partial charge is 0.308 e. The minimum Gasteiger partial charge on any atom is -0.469 e. The molecule has 9 fully saturated rings. The fraction of sp³-hybridized carbons (Fsp3) is 0.766. The van der Waals surface area contributed by atoms with Crippen molar-refractivity contribution in [3.8, 4) is 0 Å². The Balaban J connectivity index is 0.806. The summed E-state index contributed by atoms with van der Waals surface area (Å²) in [7, 11) is -0.793. The number of benzene rings is 1. The van der Waals surface area contributed by atoms with Crippen LogP contribution in [0.25, 0.3) is 0 Å². The van der Waals surface area contributed by atoms with E-state index in [1.54, 1.807) is 30.3 Å². The molecule has 0 aliphatic carbocycles. The summed E-state index contributed by atoms with van der Waals surface area (Å²) in [6.45, 7) is 10.6. The van der Waals surface area contributed by atoms with Crippen LogP contribution in [-0.4, -0.2) is 155 Å². The summed E-state index contributed by atoms with van der Waals surface area (Å²) >= 11 is 0. The lowest BCUT2D eigenvalue weighted by Crippen LogP contribution is -2.61. The third-order valence-electron chi connectivity index (χ3n) is 15.1. The first-order valence-electron chi connectivity index (χ1n) is 23.1. The van der Waals surface area contributed by atoms with E-state index in [1.807, 2.05) is 0 Å². The van der Waals surface area contributed by atoms with E-state index in [4.69, 9.17) is 47.4 Å². The second kappa shape index (κ2) is 18.8. The molecule has 0 aromatic heterocycles. The summed E-state index contributed by atoms with van der Waals surface area (Å²) in [6, 6.07) is 8.36. The molecule has 16 heteroatoms. The van der Waals surface area contributed by atoms with Crippen molar-refractivity contribution in [3.63, 3.8) is 0 Å². The van der Waals surface area contributed by atoms with E-state index in [-0.39, 0.29) is 109 Å². The summed E-state index contributed by atoms with van der Waals surface area (Å²) in [5, 5.41) is 20.0. The molecule has 63 heavy (non-hydrogen) atoms. The fourth-order valence-corrected chi connectivity index (χ4v) is 13.5. The van der Waals surface area contributed by atoms with Crippen molar-refractivity contribution in [3.05, 3.63) is 54.6 Å². The summed E-state index contributed by atoms with van der Waals surface area (Å²) in [5.74, 6) is -1.73. The monoisotopic (exact) mass is 902 g/mol. The van der Waals surface area contributed by atoms with Crippen molar-refractivity contribution in [2.24, 2.45) is 11.8 Å². The first-order chi connectivity index (χ1) is 30.3. The van der Waals surface area contributed by atoms with Gasteiger partial charge < -0.3 is 57.6 Å². The highest BCUT2D eigenvalue weighted by Crippen LogP contribution is 2.54. The topological polar surface area (TPSA) is 184 Å². The van der Waals surface area contributed by atoms with Gasteiger partial charge in [-0.1, -0.05) is 38.3 Å². The molecule has 10 rings (SSSR count). The molecule has 19 atom stereocenters. The predicted molar refractivity (Wildman–Crippen MR) is 225 cm³/mol. The highest BCUT2D eigenvalue weighted by molar-refractivity contribution is 7.91. The molecule has 1 aromatic rings. The van der Waals surface area contributed by atoms with Gasteiger partial charge in [-0.15, -0.1) is 0 Å². The van der Waals surface area contributed by atoms with Gasteiger partial charge in [-0.2, -0.15) is 0 Å². The molecule has 1 aromatic carbocycles. The molecule has 0 saturated carbocycles. The number of fused-ring (bicyclic) bond motifs is 1. The number of aliphatic hydroxyl groups excluding tert-OH is 2. The molecule has 9 aliphatic rings. The number of hydrogen-bond acceptors (Lipinski definition) is 15. The average molecular weight is 903 g/mol. The van der Waals surface area contributed by atoms with Gasteiger partial charge in [-0.05, 0) is 74.1 Å². The van der Waals surface area contributed by atoms with Gasteiger partial charge in [-0.25, -0.2) is 8.42 Å². The summed E-state index contributed by atoms with van der Waals surface area (Å²) in [4.78, 5) is 12.3. The number of carbonyl (C=O) groups is 1. The van der Waals surface area contributed by atoms with Crippen LogP contribution in [0.1, 0.15) is 84.0 Å². The molecule has 0 amide bonds. The number of carbonyl (C=O) groups excluding carboxylic acids is 1. The zero-order valence-corrected chi connectivity index (χ0v) is 37.5. The number of sulfone groups is 1. The van der Waals surface area contributed by atoms with Crippen LogP contribution < -0.4 is 0 Å². The molecule has 2 N–H and O–H groups in total. The Hall–Kier alpha value is -2.32. The van der Waals surface area contributed by atoms with E-state index in [0.29, 0.717) is 25.7 Å². The molecule has 9 heterocycles. The Labute approximate surface area is 370 Å². The van der Waals surface area contributed by atoms with E-state index < -0.39 is 52.6 Å². The molecule has 0 radical (unpaired) electrons. The van der Waals surface area contributed by atoms with Crippen molar-refractivity contribution >= 4 is 15.8 Å². The van der Waals surface area contributed by atoms with Crippen LogP contribution in [0.5, 0.6) is 0 Å². The Bertz CT molecular complexity index is 1910. The SMILES string of the molecule is C=C1C[C@H](CC[C@@]23C[C@H]4O[C@H]5[C@@H](O2)[C@H]2O[C@@H](CC(=O)OC)CC[C@@H]2O[C@H]5C4O3)O[C@H]1CC[C@H]1C[C@@H](C)C(=C)[C@@H](C[C@@H]2O[C@H](C[C@H](O)CO)[C@H](OC)[C@H]2CS(=O)(=O)c2ccccc2)O1. The standard InChI is InChI=1S/C47H66O15S/c1-25-17-29(56-36(27(25)3)21-37-33(24-63(51,52)32-9-7-6-8-10-32)41(54-5)38(58-37)19-28(49)23-48)11-13-34-26(2)18-31(55-34)15-16-47-22-39-43(61-47)44-45(60-39)46(62-47)42-35(59-44)14-12-30(57-42)20-40(50)53-4/h6-10,25,28-31,33-39,41-46,48-49H,2-3,11-24H2,1,4-5H3/t25-,28+,29+,30-,31+,33+,34+,35+,36-,37+,38-,39-,41-,42+,43?,44+,45-,46+,47+/m1/s1. The first kappa shape index (κ1) is 45.8. The van der Waals surface area contributed by atoms with Crippen molar-refractivity contribution in [1.29, 1.82) is 0 Å². The summed E-state index contributed by atoms with van der Waals surface area (Å²) in [6.07, 6.45) is 1.69. The highest BCUT2D eigenvalue weighted by Gasteiger charge is 2.68. The molecule has 350 valence electrons. The molecular formula is C47H66O15S. The van der Waals surface area contributed by atoms with E-state index in [2.05, 4.69) is 20.1 Å². The largest absolute Gasteiger partial charge is 0.469 e. The van der Waals surface area contributed by atoms with E-state index in [1.165, 1.54) is 14.2 Å². The van der Waals surface area contributed by atoms with Crippen LogP contribution in [-0.2, 0) is 62.0 Å². The van der Waals surface area contributed by atoms with Gasteiger partial charge in [0, 0.05) is 38.7 Å². The van der Waals surface area contributed by atoms with Crippen LogP contribution >= 0.6 is 0 Å². The van der Waals surface area contributed by atoms with Gasteiger partial charge in [0.2, 0.25) is 0 Å². The van der Waals surface area contributed by atoms with Gasteiger partial charge in [0.05, 0.1) is 97.9 Å². The minimum absolute atomic E-state index is 0.0468. The second-order valence-electron chi connectivity index (χ2n) is 19.3. The molecular weight excluding hydrogens is 837 g/mol. The lowest BCUT2D eigenvalue weighted by atomic mass is 9.83. The second-order valence-corrected chi connectivity index (χ2v) is 21.3. The maximum absolute atomic E-state index is 13.7. The predicted octanol–water partition coefficient (Wildman–Crippen LogP) is 4.15. The third-order valence-corrected chi connectivity index (χ3v) is 16.9. The average Bonchev–Trinajstić information content (AvgIpc) is 3.95. The van der Waals surface area contributed by atoms with Gasteiger partial charge in [0.25, 0.3) is 0 Å².